The SMILES string of the molecule is CC(C)(C(=O)O)c1ccc(Nc2nc(-c3c(F)cccc3F)n3cc[nH]c(=O)c23)cc1. The molecule has 0 spiro atoms. The van der Waals surface area contributed by atoms with Crippen molar-refractivity contribution in [3.8, 4) is 11.4 Å². The van der Waals surface area contributed by atoms with Crippen molar-refractivity contribution in [3.63, 3.8) is 0 Å². The Hall–Kier alpha value is -4.01. The summed E-state index contributed by atoms with van der Waals surface area (Å²) >= 11 is 0. The van der Waals surface area contributed by atoms with Crippen molar-refractivity contribution < 1.29 is 18.7 Å². The number of aromatic nitrogens is 3. The molecule has 0 saturated carbocycles. The molecule has 0 fully saturated rings. The minimum absolute atomic E-state index is 0.0668. The number of carboxylic acids is 1. The van der Waals surface area contributed by atoms with Gasteiger partial charge in [0.25, 0.3) is 5.56 Å². The maximum atomic E-state index is 14.4. The number of aromatic amines is 1. The van der Waals surface area contributed by atoms with E-state index in [1.54, 1.807) is 38.1 Å². The van der Waals surface area contributed by atoms with Gasteiger partial charge in [-0.3, -0.25) is 14.0 Å². The van der Waals surface area contributed by atoms with Crippen LogP contribution in [0.4, 0.5) is 20.3 Å². The fourth-order valence-electron chi connectivity index (χ4n) is 3.26. The number of nitrogens with one attached hydrogen (secondary N) is 2. The van der Waals surface area contributed by atoms with Gasteiger partial charge in [-0.25, -0.2) is 13.8 Å². The average molecular weight is 424 g/mol. The highest BCUT2D eigenvalue weighted by Gasteiger charge is 2.29. The van der Waals surface area contributed by atoms with Gasteiger partial charge in [0.15, 0.2) is 17.2 Å². The molecular weight excluding hydrogens is 406 g/mol. The quantitative estimate of drug-likeness (QED) is 0.449. The molecule has 4 aromatic rings. The number of imidazole rings is 1. The second kappa shape index (κ2) is 7.35. The molecule has 9 heteroatoms. The van der Waals surface area contributed by atoms with Crippen molar-refractivity contribution in [2.75, 3.05) is 5.32 Å². The summed E-state index contributed by atoms with van der Waals surface area (Å²) in [4.78, 5) is 30.7. The highest BCUT2D eigenvalue weighted by molar-refractivity contribution is 5.81. The van der Waals surface area contributed by atoms with E-state index in [1.807, 2.05) is 0 Å². The van der Waals surface area contributed by atoms with Crippen LogP contribution in [0.25, 0.3) is 16.9 Å². The molecule has 0 aliphatic carbocycles. The number of anilines is 2. The average Bonchev–Trinajstić information content (AvgIpc) is 3.07. The molecule has 0 radical (unpaired) electrons. The number of aliphatic carboxylic acids is 1. The number of hydrogen-bond acceptors (Lipinski definition) is 4. The third kappa shape index (κ3) is 3.43. The van der Waals surface area contributed by atoms with Gasteiger partial charge in [-0.1, -0.05) is 18.2 Å². The van der Waals surface area contributed by atoms with Crippen LogP contribution >= 0.6 is 0 Å². The number of carbonyl (C=O) groups is 1. The molecule has 0 saturated heterocycles. The predicted octanol–water partition coefficient (Wildman–Crippen LogP) is 4.07. The maximum Gasteiger partial charge on any atom is 0.313 e. The fourth-order valence-corrected chi connectivity index (χ4v) is 3.26. The van der Waals surface area contributed by atoms with Crippen molar-refractivity contribution >= 4 is 23.0 Å². The number of halogens is 2. The lowest BCUT2D eigenvalue weighted by Crippen LogP contribution is -2.28. The van der Waals surface area contributed by atoms with Crippen LogP contribution in [0.2, 0.25) is 0 Å². The van der Waals surface area contributed by atoms with Crippen molar-refractivity contribution in [2.45, 2.75) is 19.3 Å². The lowest BCUT2D eigenvalue weighted by atomic mass is 9.85. The molecular formula is C22H18F2N4O3. The molecule has 0 unspecified atom stereocenters. The van der Waals surface area contributed by atoms with E-state index in [1.165, 1.54) is 22.9 Å². The third-order valence-corrected chi connectivity index (χ3v) is 5.15. The van der Waals surface area contributed by atoms with E-state index in [4.69, 9.17) is 0 Å². The normalized spacial score (nSPS) is 11.6. The number of benzene rings is 2. The standard InChI is InChI=1S/C22H18F2N4O3/c1-22(2,21(30)31)12-6-8-13(9-7-12)26-18-17-20(29)25-10-11-28(17)19(27-18)16-14(23)4-3-5-15(16)24/h3-11,26H,1-2H3,(H,25,29)(H,30,31). The van der Waals surface area contributed by atoms with E-state index in [2.05, 4.69) is 15.3 Å². The minimum Gasteiger partial charge on any atom is -0.481 e. The Labute approximate surface area is 175 Å². The number of H-pyrrole nitrogens is 1. The lowest BCUT2D eigenvalue weighted by molar-refractivity contribution is -0.142. The molecule has 0 aliphatic rings. The van der Waals surface area contributed by atoms with Crippen LogP contribution in [0.1, 0.15) is 19.4 Å². The number of rotatable bonds is 5. The Bertz CT molecular complexity index is 1340. The molecule has 2 heterocycles. The molecule has 2 aromatic carbocycles. The Morgan fingerprint density at radius 2 is 1.77 bits per heavy atom. The largest absolute Gasteiger partial charge is 0.481 e. The molecule has 31 heavy (non-hydrogen) atoms. The third-order valence-electron chi connectivity index (χ3n) is 5.15. The smallest absolute Gasteiger partial charge is 0.313 e. The van der Waals surface area contributed by atoms with Crippen LogP contribution in [-0.2, 0) is 10.2 Å². The molecule has 2 aromatic heterocycles. The molecule has 158 valence electrons. The molecule has 0 amide bonds. The van der Waals surface area contributed by atoms with E-state index < -0.39 is 28.6 Å². The first-order chi connectivity index (χ1) is 14.7. The van der Waals surface area contributed by atoms with Crippen LogP contribution in [0, 0.1) is 11.6 Å². The maximum absolute atomic E-state index is 14.4. The van der Waals surface area contributed by atoms with Gasteiger partial charge in [-0.2, -0.15) is 0 Å². The highest BCUT2D eigenvalue weighted by atomic mass is 19.1. The Kier molecular flexibility index (Phi) is 4.81. The van der Waals surface area contributed by atoms with Gasteiger partial charge in [0, 0.05) is 18.1 Å². The summed E-state index contributed by atoms with van der Waals surface area (Å²) in [5, 5.41) is 12.4. The van der Waals surface area contributed by atoms with Gasteiger partial charge in [0.05, 0.1) is 11.0 Å². The summed E-state index contributed by atoms with van der Waals surface area (Å²) in [7, 11) is 0. The summed E-state index contributed by atoms with van der Waals surface area (Å²) in [5.74, 6) is -2.54. The van der Waals surface area contributed by atoms with Gasteiger partial charge in [0.1, 0.15) is 11.6 Å². The Balaban J connectivity index is 1.81. The summed E-state index contributed by atoms with van der Waals surface area (Å²) in [5.41, 5.74) is -0.735. The molecule has 7 nitrogen and oxygen atoms in total. The highest BCUT2D eigenvalue weighted by Crippen LogP contribution is 2.30. The van der Waals surface area contributed by atoms with Crippen molar-refractivity contribution in [3.05, 3.63) is 82.4 Å². The van der Waals surface area contributed by atoms with E-state index in [0.29, 0.717) is 11.3 Å². The van der Waals surface area contributed by atoms with Gasteiger partial charge in [-0.15, -0.1) is 0 Å². The van der Waals surface area contributed by atoms with Gasteiger partial charge >= 0.3 is 5.97 Å². The zero-order valence-electron chi connectivity index (χ0n) is 16.6. The zero-order chi connectivity index (χ0) is 22.3. The minimum atomic E-state index is -1.08. The predicted molar refractivity (Wildman–Crippen MR) is 112 cm³/mol. The van der Waals surface area contributed by atoms with E-state index >= 15 is 0 Å². The second-order valence-electron chi connectivity index (χ2n) is 7.52. The molecule has 4 rings (SSSR count). The van der Waals surface area contributed by atoms with E-state index in [9.17, 15) is 23.5 Å². The lowest BCUT2D eigenvalue weighted by Gasteiger charge is -2.19. The van der Waals surface area contributed by atoms with E-state index in [0.717, 1.165) is 12.1 Å². The van der Waals surface area contributed by atoms with Crippen LogP contribution in [0.3, 0.4) is 0 Å². The molecule has 0 aliphatic heterocycles. The van der Waals surface area contributed by atoms with Crippen LogP contribution in [0.5, 0.6) is 0 Å². The van der Waals surface area contributed by atoms with Crippen LogP contribution < -0.4 is 10.9 Å². The number of fused-ring (bicyclic) bond motifs is 1. The number of carboxylic acid groups (broad SMARTS) is 1. The number of hydrogen-bond donors (Lipinski definition) is 3. The van der Waals surface area contributed by atoms with Gasteiger partial charge in [-0.05, 0) is 43.7 Å². The summed E-state index contributed by atoms with van der Waals surface area (Å²) in [6.07, 6.45) is 2.81. The summed E-state index contributed by atoms with van der Waals surface area (Å²) in [6, 6.07) is 10.1. The number of nitrogens with zero attached hydrogens (tertiary/aromatic N) is 2. The topological polar surface area (TPSA) is 99.5 Å². The molecule has 3 N–H and O–H groups in total. The second-order valence-corrected chi connectivity index (χ2v) is 7.52. The summed E-state index contributed by atoms with van der Waals surface area (Å²) < 4.78 is 30.1. The van der Waals surface area contributed by atoms with Crippen molar-refractivity contribution in [1.29, 1.82) is 0 Å². The van der Waals surface area contributed by atoms with E-state index in [-0.39, 0.29) is 22.7 Å². The fraction of sp³-hybridized carbons (Fsp3) is 0.136. The van der Waals surface area contributed by atoms with Crippen molar-refractivity contribution in [1.82, 2.24) is 14.4 Å². The van der Waals surface area contributed by atoms with Gasteiger partial charge < -0.3 is 15.4 Å². The van der Waals surface area contributed by atoms with Crippen molar-refractivity contribution in [2.24, 2.45) is 0 Å². The summed E-state index contributed by atoms with van der Waals surface area (Å²) in [6.45, 7) is 3.19. The first-order valence-corrected chi connectivity index (χ1v) is 9.35. The Morgan fingerprint density at radius 1 is 1.13 bits per heavy atom. The zero-order valence-corrected chi connectivity index (χ0v) is 16.6. The monoisotopic (exact) mass is 424 g/mol. The van der Waals surface area contributed by atoms with Crippen LogP contribution in [0.15, 0.2) is 59.7 Å². The molecule has 0 bridgehead atoms. The first kappa shape index (κ1) is 20.3. The first-order valence-electron chi connectivity index (χ1n) is 9.35. The Morgan fingerprint density at radius 3 is 2.39 bits per heavy atom. The van der Waals surface area contributed by atoms with Gasteiger partial charge in [0.2, 0.25) is 0 Å². The molecule has 0 atom stereocenters. The van der Waals surface area contributed by atoms with Crippen LogP contribution in [-0.4, -0.2) is 25.4 Å².